The molecule has 2 aromatic heterocycles. The molecule has 0 aliphatic carbocycles. The molecule has 2 N–H and O–H groups in total. The maximum atomic E-state index is 12.7. The number of H-pyrrole nitrogens is 1. The number of nitrogens with one attached hydrogen (secondary N) is 2. The van der Waals surface area contributed by atoms with Crippen LogP contribution in [-0.4, -0.2) is 27.8 Å². The molecule has 0 saturated carbocycles. The van der Waals surface area contributed by atoms with Crippen LogP contribution in [0.3, 0.4) is 0 Å². The van der Waals surface area contributed by atoms with Gasteiger partial charge < -0.3 is 15.0 Å². The number of carbonyl (C=O) groups is 1. The van der Waals surface area contributed by atoms with Gasteiger partial charge in [0.2, 0.25) is 5.43 Å². The average Bonchev–Trinajstić information content (AvgIpc) is 3.05. The molecule has 0 saturated heterocycles. The standard InChI is InChI=1S/C18H20N4O3/c1-4-14(16-7-8-20-22(16)2)21-18(24)13-10-19-15-6-5-11(25-3)9-12(15)17(13)23/h5-10,14H,4H2,1-3H3,(H,19,23)(H,21,24)/t14-/m0/s1. The lowest BCUT2D eigenvalue weighted by Crippen LogP contribution is -2.33. The van der Waals surface area contributed by atoms with E-state index >= 15 is 0 Å². The monoisotopic (exact) mass is 340 g/mol. The van der Waals surface area contributed by atoms with Gasteiger partial charge in [-0.25, -0.2) is 0 Å². The summed E-state index contributed by atoms with van der Waals surface area (Å²) < 4.78 is 6.87. The van der Waals surface area contributed by atoms with E-state index in [9.17, 15) is 9.59 Å². The number of hydrogen-bond donors (Lipinski definition) is 2. The molecule has 1 aromatic carbocycles. The SMILES string of the molecule is CC[C@H](NC(=O)c1c[nH]c2ccc(OC)cc2c1=O)c1ccnn1C. The number of hydrogen-bond acceptors (Lipinski definition) is 4. The van der Waals surface area contributed by atoms with E-state index in [-0.39, 0.29) is 17.0 Å². The zero-order chi connectivity index (χ0) is 18.0. The summed E-state index contributed by atoms with van der Waals surface area (Å²) in [7, 11) is 3.35. The van der Waals surface area contributed by atoms with Crippen LogP contribution in [0.4, 0.5) is 0 Å². The Hall–Kier alpha value is -3.09. The maximum absolute atomic E-state index is 12.7. The van der Waals surface area contributed by atoms with Gasteiger partial charge in [0.15, 0.2) is 0 Å². The lowest BCUT2D eigenvalue weighted by molar-refractivity contribution is 0.0932. The molecule has 25 heavy (non-hydrogen) atoms. The Morgan fingerprint density at radius 3 is 2.84 bits per heavy atom. The first-order valence-corrected chi connectivity index (χ1v) is 8.03. The summed E-state index contributed by atoms with van der Waals surface area (Å²) in [4.78, 5) is 28.4. The molecule has 7 nitrogen and oxygen atoms in total. The molecule has 1 atom stereocenters. The second kappa shape index (κ2) is 6.80. The van der Waals surface area contributed by atoms with Gasteiger partial charge >= 0.3 is 0 Å². The number of ether oxygens (including phenoxy) is 1. The Morgan fingerprint density at radius 2 is 2.20 bits per heavy atom. The highest BCUT2D eigenvalue weighted by molar-refractivity contribution is 5.97. The summed E-state index contributed by atoms with van der Waals surface area (Å²) in [5.74, 6) is 0.149. The predicted molar refractivity (Wildman–Crippen MR) is 94.8 cm³/mol. The molecule has 0 spiro atoms. The molecule has 0 unspecified atom stereocenters. The van der Waals surface area contributed by atoms with Crippen LogP contribution in [0.1, 0.15) is 35.4 Å². The van der Waals surface area contributed by atoms with Gasteiger partial charge in [0.25, 0.3) is 5.91 Å². The average molecular weight is 340 g/mol. The molecule has 3 aromatic rings. The van der Waals surface area contributed by atoms with Gasteiger partial charge in [-0.3, -0.25) is 14.3 Å². The van der Waals surface area contributed by atoms with Crippen molar-refractivity contribution >= 4 is 16.8 Å². The van der Waals surface area contributed by atoms with Crippen LogP contribution in [0.2, 0.25) is 0 Å². The number of fused-ring (bicyclic) bond motifs is 1. The van der Waals surface area contributed by atoms with Crippen LogP contribution >= 0.6 is 0 Å². The van der Waals surface area contributed by atoms with Gasteiger partial charge in [-0.1, -0.05) is 6.92 Å². The van der Waals surface area contributed by atoms with E-state index in [0.29, 0.717) is 23.1 Å². The number of aromatic nitrogens is 3. The molecule has 7 heteroatoms. The normalized spacial score (nSPS) is 12.1. The Kier molecular flexibility index (Phi) is 4.56. The fraction of sp³-hybridized carbons (Fsp3) is 0.278. The van der Waals surface area contributed by atoms with Crippen LogP contribution in [0.5, 0.6) is 5.75 Å². The molecule has 1 amide bonds. The van der Waals surface area contributed by atoms with Gasteiger partial charge in [-0.15, -0.1) is 0 Å². The zero-order valence-electron chi connectivity index (χ0n) is 14.4. The Morgan fingerprint density at radius 1 is 1.40 bits per heavy atom. The Bertz CT molecular complexity index is 974. The molecule has 0 aliphatic heterocycles. The van der Waals surface area contributed by atoms with Crippen molar-refractivity contribution in [2.75, 3.05) is 7.11 Å². The smallest absolute Gasteiger partial charge is 0.257 e. The lowest BCUT2D eigenvalue weighted by Gasteiger charge is -2.17. The quantitative estimate of drug-likeness (QED) is 0.745. The second-order valence-electron chi connectivity index (χ2n) is 5.76. The summed E-state index contributed by atoms with van der Waals surface area (Å²) in [6.07, 6.45) is 3.81. The Balaban J connectivity index is 1.95. The summed E-state index contributed by atoms with van der Waals surface area (Å²) in [5.41, 5.74) is 1.28. The van der Waals surface area contributed by atoms with Crippen molar-refractivity contribution in [1.82, 2.24) is 20.1 Å². The first-order valence-electron chi connectivity index (χ1n) is 8.03. The molecule has 0 bridgehead atoms. The summed E-state index contributed by atoms with van der Waals surface area (Å²) >= 11 is 0. The van der Waals surface area contributed by atoms with Crippen LogP contribution in [0.25, 0.3) is 10.9 Å². The first kappa shape index (κ1) is 16.8. The highest BCUT2D eigenvalue weighted by Crippen LogP contribution is 2.18. The van der Waals surface area contributed by atoms with Crippen molar-refractivity contribution < 1.29 is 9.53 Å². The van der Waals surface area contributed by atoms with Crippen molar-refractivity contribution in [3.8, 4) is 5.75 Å². The van der Waals surface area contributed by atoms with Crippen LogP contribution in [-0.2, 0) is 7.05 Å². The van der Waals surface area contributed by atoms with Gasteiger partial charge in [0, 0.05) is 30.3 Å². The number of aromatic amines is 1. The summed E-state index contributed by atoms with van der Waals surface area (Å²) in [6, 6.07) is 6.77. The number of carbonyl (C=O) groups excluding carboxylic acids is 1. The van der Waals surface area contributed by atoms with Gasteiger partial charge in [0.1, 0.15) is 11.3 Å². The van der Waals surface area contributed by atoms with Crippen molar-refractivity contribution in [3.63, 3.8) is 0 Å². The summed E-state index contributed by atoms with van der Waals surface area (Å²) in [6.45, 7) is 1.97. The molecule has 130 valence electrons. The number of rotatable bonds is 5. The van der Waals surface area contributed by atoms with E-state index in [2.05, 4.69) is 15.4 Å². The number of nitrogens with zero attached hydrogens (tertiary/aromatic N) is 2. The molecular formula is C18H20N4O3. The number of benzene rings is 1. The minimum atomic E-state index is -0.418. The van der Waals surface area contributed by atoms with Gasteiger partial charge in [-0.05, 0) is 30.7 Å². The van der Waals surface area contributed by atoms with Gasteiger partial charge in [0.05, 0.1) is 18.8 Å². The van der Waals surface area contributed by atoms with Crippen LogP contribution < -0.4 is 15.5 Å². The third kappa shape index (κ3) is 3.13. The minimum Gasteiger partial charge on any atom is -0.497 e. The zero-order valence-corrected chi connectivity index (χ0v) is 14.4. The van der Waals surface area contributed by atoms with E-state index in [1.807, 2.05) is 20.0 Å². The van der Waals surface area contributed by atoms with E-state index in [1.54, 1.807) is 29.1 Å². The van der Waals surface area contributed by atoms with Crippen molar-refractivity contribution in [2.24, 2.45) is 7.05 Å². The van der Waals surface area contributed by atoms with E-state index in [1.165, 1.54) is 13.3 Å². The highest BCUT2D eigenvalue weighted by atomic mass is 16.5. The fourth-order valence-corrected chi connectivity index (χ4v) is 2.84. The van der Waals surface area contributed by atoms with Crippen molar-refractivity contribution in [3.05, 3.63) is 58.1 Å². The molecular weight excluding hydrogens is 320 g/mol. The van der Waals surface area contributed by atoms with Crippen molar-refractivity contribution in [1.29, 1.82) is 0 Å². The Labute approximate surface area is 144 Å². The number of methoxy groups -OCH3 is 1. The van der Waals surface area contributed by atoms with Crippen molar-refractivity contribution in [2.45, 2.75) is 19.4 Å². The summed E-state index contributed by atoms with van der Waals surface area (Å²) in [5, 5.41) is 7.45. The molecule has 2 heterocycles. The topological polar surface area (TPSA) is 89.0 Å². The maximum Gasteiger partial charge on any atom is 0.257 e. The highest BCUT2D eigenvalue weighted by Gasteiger charge is 2.19. The largest absolute Gasteiger partial charge is 0.497 e. The van der Waals surface area contributed by atoms with E-state index in [0.717, 1.165) is 5.69 Å². The molecule has 0 fully saturated rings. The fourth-order valence-electron chi connectivity index (χ4n) is 2.84. The predicted octanol–water partition coefficient (Wildman–Crippen LogP) is 2.15. The molecule has 3 rings (SSSR count). The van der Waals surface area contributed by atoms with Crippen LogP contribution in [0.15, 0.2) is 41.5 Å². The first-order chi connectivity index (χ1) is 12.0. The van der Waals surface area contributed by atoms with E-state index in [4.69, 9.17) is 4.74 Å². The molecule has 0 aliphatic rings. The minimum absolute atomic E-state index is 0.0707. The van der Waals surface area contributed by atoms with Gasteiger partial charge in [-0.2, -0.15) is 5.10 Å². The number of amides is 1. The van der Waals surface area contributed by atoms with Crippen LogP contribution in [0, 0.1) is 0 Å². The molecule has 0 radical (unpaired) electrons. The number of aryl methyl sites for hydroxylation is 1. The third-order valence-electron chi connectivity index (χ3n) is 4.26. The third-order valence-corrected chi connectivity index (χ3v) is 4.26. The lowest BCUT2D eigenvalue weighted by atomic mass is 10.1. The number of pyridine rings is 1. The van der Waals surface area contributed by atoms with E-state index < -0.39 is 5.91 Å². The second-order valence-corrected chi connectivity index (χ2v) is 5.76.